The predicted octanol–water partition coefficient (Wildman–Crippen LogP) is -3.86. The predicted molar refractivity (Wildman–Crippen MR) is 38.1 cm³/mol. The molecule has 0 bridgehead atoms. The highest BCUT2D eigenvalue weighted by Crippen LogP contribution is 2.49. The van der Waals surface area contributed by atoms with Crippen molar-refractivity contribution in [3.63, 3.8) is 0 Å². The van der Waals surface area contributed by atoms with Crippen LogP contribution in [0.5, 0.6) is 0 Å². The molecule has 1 aliphatic carbocycles. The Hall–Kier alpha value is -0.240. The molecule has 0 saturated heterocycles. The zero-order chi connectivity index (χ0) is 9.57. The van der Waals surface area contributed by atoms with Crippen molar-refractivity contribution in [2.24, 2.45) is 5.73 Å². The lowest BCUT2D eigenvalue weighted by molar-refractivity contribution is -0.0818. The summed E-state index contributed by atoms with van der Waals surface area (Å²) in [5.74, 6) is 0. The second-order valence-electron chi connectivity index (χ2n) is 3.05. The maximum absolute atomic E-state index is 9.39. The van der Waals surface area contributed by atoms with Crippen LogP contribution in [-0.4, -0.2) is 62.1 Å². The maximum Gasteiger partial charge on any atom is 0.154 e. The van der Waals surface area contributed by atoms with Gasteiger partial charge in [-0.15, -0.1) is 0 Å². The molecular formula is C6H13NO5. The largest absolute Gasteiger partial charge is 0.394 e. The molecule has 1 rings (SSSR count). The van der Waals surface area contributed by atoms with Crippen molar-refractivity contribution in [3.8, 4) is 0 Å². The van der Waals surface area contributed by atoms with Crippen molar-refractivity contribution in [3.05, 3.63) is 0 Å². The van der Waals surface area contributed by atoms with Crippen LogP contribution in [0.4, 0.5) is 0 Å². The van der Waals surface area contributed by atoms with Crippen LogP contribution >= 0.6 is 0 Å². The van der Waals surface area contributed by atoms with Gasteiger partial charge in [0.15, 0.2) is 5.60 Å². The first kappa shape index (κ1) is 9.85. The standard InChI is InChI=1S/C6H13NO5/c7-2-5(11)4(10)6(5,12)3(9)1-8/h3-4,8-12H,1-2,7H2/t3-,4-,5+,6-/m0/s1. The third kappa shape index (κ3) is 0.846. The molecule has 0 spiro atoms. The third-order valence-electron chi connectivity index (χ3n) is 2.47. The van der Waals surface area contributed by atoms with E-state index in [1.54, 1.807) is 0 Å². The van der Waals surface area contributed by atoms with E-state index in [9.17, 15) is 10.2 Å². The van der Waals surface area contributed by atoms with Gasteiger partial charge in [-0.05, 0) is 0 Å². The second-order valence-corrected chi connectivity index (χ2v) is 3.05. The molecule has 12 heavy (non-hydrogen) atoms. The molecule has 1 aliphatic rings. The molecule has 0 unspecified atom stereocenters. The molecule has 72 valence electrons. The van der Waals surface area contributed by atoms with E-state index in [0.29, 0.717) is 0 Å². The van der Waals surface area contributed by atoms with Crippen molar-refractivity contribution >= 4 is 0 Å². The molecule has 0 aromatic carbocycles. The Labute approximate surface area is 68.9 Å². The van der Waals surface area contributed by atoms with E-state index >= 15 is 0 Å². The molecule has 0 heterocycles. The van der Waals surface area contributed by atoms with Gasteiger partial charge in [-0.2, -0.15) is 0 Å². The molecule has 0 aromatic rings. The van der Waals surface area contributed by atoms with E-state index in [2.05, 4.69) is 0 Å². The Morgan fingerprint density at radius 2 is 1.92 bits per heavy atom. The van der Waals surface area contributed by atoms with Crippen LogP contribution in [0.15, 0.2) is 0 Å². The smallest absolute Gasteiger partial charge is 0.154 e. The molecule has 4 atom stereocenters. The molecule has 6 heteroatoms. The summed E-state index contributed by atoms with van der Waals surface area (Å²) >= 11 is 0. The minimum Gasteiger partial charge on any atom is -0.394 e. The highest BCUT2D eigenvalue weighted by molar-refractivity contribution is 5.30. The minimum atomic E-state index is -2.09. The molecule has 1 saturated carbocycles. The van der Waals surface area contributed by atoms with E-state index in [4.69, 9.17) is 21.1 Å². The summed E-state index contributed by atoms with van der Waals surface area (Å²) in [7, 11) is 0. The van der Waals surface area contributed by atoms with Gasteiger partial charge < -0.3 is 31.3 Å². The lowest BCUT2D eigenvalue weighted by atomic mass is 10.1. The van der Waals surface area contributed by atoms with Gasteiger partial charge in [0.1, 0.15) is 17.8 Å². The van der Waals surface area contributed by atoms with Gasteiger partial charge in [-0.1, -0.05) is 0 Å². The molecule has 0 aromatic heterocycles. The molecule has 0 aliphatic heterocycles. The van der Waals surface area contributed by atoms with Gasteiger partial charge in [0.2, 0.25) is 0 Å². The van der Waals surface area contributed by atoms with Gasteiger partial charge in [0.05, 0.1) is 6.61 Å². The van der Waals surface area contributed by atoms with Crippen molar-refractivity contribution < 1.29 is 25.5 Å². The van der Waals surface area contributed by atoms with Crippen LogP contribution in [0.25, 0.3) is 0 Å². The fourth-order valence-corrected chi connectivity index (χ4v) is 1.39. The van der Waals surface area contributed by atoms with Gasteiger partial charge in [0, 0.05) is 6.54 Å². The Morgan fingerprint density at radius 1 is 1.42 bits per heavy atom. The Balaban J connectivity index is 2.77. The van der Waals surface area contributed by atoms with Crippen LogP contribution in [0, 0.1) is 0 Å². The van der Waals surface area contributed by atoms with Crippen molar-refractivity contribution in [1.82, 2.24) is 0 Å². The van der Waals surface area contributed by atoms with Gasteiger partial charge >= 0.3 is 0 Å². The quantitative estimate of drug-likeness (QED) is 0.263. The van der Waals surface area contributed by atoms with Gasteiger partial charge in [0.25, 0.3) is 0 Å². The van der Waals surface area contributed by atoms with Gasteiger partial charge in [-0.3, -0.25) is 0 Å². The summed E-state index contributed by atoms with van der Waals surface area (Å²) in [6.07, 6.45) is -3.08. The first-order valence-corrected chi connectivity index (χ1v) is 3.57. The normalized spacial score (nSPS) is 49.0. The van der Waals surface area contributed by atoms with Crippen LogP contribution in [0.3, 0.4) is 0 Å². The zero-order valence-corrected chi connectivity index (χ0v) is 6.38. The average molecular weight is 179 g/mol. The van der Waals surface area contributed by atoms with Crippen molar-refractivity contribution in [2.75, 3.05) is 13.2 Å². The Kier molecular flexibility index (Phi) is 2.15. The Morgan fingerprint density at radius 3 is 2.17 bits per heavy atom. The average Bonchev–Trinajstić information content (AvgIpc) is 2.53. The summed E-state index contributed by atoms with van der Waals surface area (Å²) in [6, 6.07) is 0. The summed E-state index contributed by atoms with van der Waals surface area (Å²) < 4.78 is 0. The van der Waals surface area contributed by atoms with E-state index < -0.39 is 30.0 Å². The van der Waals surface area contributed by atoms with Gasteiger partial charge in [-0.25, -0.2) is 0 Å². The number of rotatable bonds is 3. The highest BCUT2D eigenvalue weighted by Gasteiger charge is 2.79. The van der Waals surface area contributed by atoms with Crippen LogP contribution in [0.2, 0.25) is 0 Å². The van der Waals surface area contributed by atoms with Crippen molar-refractivity contribution in [1.29, 1.82) is 0 Å². The zero-order valence-electron chi connectivity index (χ0n) is 6.38. The lowest BCUT2D eigenvalue weighted by Crippen LogP contribution is -2.43. The Bertz CT molecular complexity index is 183. The number of hydrogen-bond donors (Lipinski definition) is 6. The monoisotopic (exact) mass is 179 g/mol. The molecule has 1 fully saturated rings. The molecule has 0 amide bonds. The van der Waals surface area contributed by atoms with E-state index in [-0.39, 0.29) is 6.54 Å². The number of aliphatic hydroxyl groups excluding tert-OH is 3. The first-order chi connectivity index (χ1) is 5.45. The minimum absolute atomic E-state index is 0.373. The molecule has 7 N–H and O–H groups in total. The number of hydrogen-bond acceptors (Lipinski definition) is 6. The lowest BCUT2D eigenvalue weighted by Gasteiger charge is -2.17. The fourth-order valence-electron chi connectivity index (χ4n) is 1.39. The van der Waals surface area contributed by atoms with Crippen LogP contribution < -0.4 is 5.73 Å². The maximum atomic E-state index is 9.39. The van der Waals surface area contributed by atoms with Crippen LogP contribution in [0.1, 0.15) is 0 Å². The third-order valence-corrected chi connectivity index (χ3v) is 2.47. The summed E-state index contributed by atoms with van der Waals surface area (Å²) in [6.45, 7) is -1.11. The SMILES string of the molecule is NC[C@@]1(O)[C@H](O)[C@@]1(O)[C@@H](O)CO. The molecule has 6 nitrogen and oxygen atoms in total. The van der Waals surface area contributed by atoms with Crippen molar-refractivity contribution in [2.45, 2.75) is 23.4 Å². The first-order valence-electron chi connectivity index (χ1n) is 3.57. The molecule has 0 radical (unpaired) electrons. The summed E-state index contributed by atoms with van der Waals surface area (Å²) in [5, 5.41) is 45.3. The number of nitrogens with two attached hydrogens (primary N) is 1. The summed E-state index contributed by atoms with van der Waals surface area (Å²) in [4.78, 5) is 0. The van der Waals surface area contributed by atoms with E-state index in [1.807, 2.05) is 0 Å². The molecular weight excluding hydrogens is 166 g/mol. The van der Waals surface area contributed by atoms with Crippen LogP contribution in [-0.2, 0) is 0 Å². The summed E-state index contributed by atoms with van der Waals surface area (Å²) in [5.41, 5.74) is 1.08. The fraction of sp³-hybridized carbons (Fsp3) is 1.00. The number of aliphatic hydroxyl groups is 5. The highest BCUT2D eigenvalue weighted by atomic mass is 16.5. The van der Waals surface area contributed by atoms with E-state index in [0.717, 1.165) is 0 Å². The second kappa shape index (κ2) is 2.63. The topological polar surface area (TPSA) is 127 Å². The van der Waals surface area contributed by atoms with E-state index in [1.165, 1.54) is 0 Å².